The number of anilines is 1. The maximum absolute atomic E-state index is 15.0. The van der Waals surface area contributed by atoms with E-state index in [1.807, 2.05) is 10.6 Å². The minimum absolute atomic E-state index is 0.00496. The lowest BCUT2D eigenvalue weighted by Crippen LogP contribution is -2.61. The number of Topliss-reactive ketones (excluding diaryl/α,β-unsaturated/α-hetero) is 1. The molecule has 0 radical (unpaired) electrons. The van der Waals surface area contributed by atoms with Crippen molar-refractivity contribution in [3.63, 3.8) is 0 Å². The third-order valence-electron chi connectivity index (χ3n) is 20.4. The van der Waals surface area contributed by atoms with Gasteiger partial charge in [0.25, 0.3) is 0 Å². The molecule has 1 aromatic heterocycles. The fourth-order valence-electron chi connectivity index (χ4n) is 13.4. The zero-order valence-electron chi connectivity index (χ0n) is 71.3. The van der Waals surface area contributed by atoms with Crippen LogP contribution in [0.25, 0.3) is 10.9 Å². The minimum Gasteiger partial charge on any atom is -0.481 e. The van der Waals surface area contributed by atoms with Crippen LogP contribution in [0, 0.1) is 5.92 Å². The number of hydrogen-bond donors (Lipinski definition) is 23. The number of nitrogens with two attached hydrogens (primary N) is 3. The van der Waals surface area contributed by atoms with Gasteiger partial charge in [-0.3, -0.25) is 91.1 Å². The number of H-pyrrole nitrogens is 1. The first-order valence-electron chi connectivity index (χ1n) is 42.0. The van der Waals surface area contributed by atoms with E-state index in [9.17, 15) is 121 Å². The molecule has 1 unspecified atom stereocenters. The summed E-state index contributed by atoms with van der Waals surface area (Å²) in [5, 5.41) is 82.9. The van der Waals surface area contributed by atoms with Crippen LogP contribution in [0.15, 0.2) is 54.7 Å². The van der Waals surface area contributed by atoms with Crippen molar-refractivity contribution in [3.05, 3.63) is 65.9 Å². The van der Waals surface area contributed by atoms with Crippen molar-refractivity contribution in [1.82, 2.24) is 79.4 Å². The first-order valence-corrected chi connectivity index (χ1v) is 42.0. The molecule has 0 spiro atoms. The number of ether oxygens (including phenoxy) is 1. The van der Waals surface area contributed by atoms with Crippen LogP contribution >= 0.6 is 0 Å². The topological polar surface area (TPSA) is 714 Å². The van der Waals surface area contributed by atoms with E-state index in [2.05, 4.69) is 82.6 Å². The predicted octanol–water partition coefficient (Wildman–Crippen LogP) is -3.48. The number of carboxylic acid groups (broad SMARTS) is 3. The normalized spacial score (nSPS) is 20.6. The molecular weight excluding hydrogens is 1650 g/mol. The third kappa shape index (κ3) is 37.8. The maximum Gasteiger partial charge on any atom is 0.329 e. The smallest absolute Gasteiger partial charge is 0.329 e. The van der Waals surface area contributed by atoms with Gasteiger partial charge in [0.1, 0.15) is 72.6 Å². The standard InChI is InChI=1S/C82H122N18O26/c1-6-8-10-12-14-16-18-30-63(105)92-55(35-47-40-87-52-28-22-20-24-48(47)52)77(120)96-56(37-62(85)104)78(121)94-54(31-33-101)75(118)100-70-46(5)126-82(125)59(36-61(103)49-25-19-21-26-50(49)83)98-81(124)69(44(3)34-66(108)109)99-79(122)60(43-102)93-65(107)41-88-73(116)57(38-67(110)111)95-71(114)45(4)90-76(119)58(39-68(112)113)97-74(117)53(91-64(106)42-89-80(70)123)29-23-32-86-72(115)51(84)27-17-15-13-11-9-7-2/h19-22,24-26,28,40,44-46,51,53-60,69-70,87,101-102H,6-18,23,27,29-39,41-43,83-84H2,1-5H3,(H2,85,104)(H,86,115)(H,88,116)(H,89,123)(H,90,119)(H,91,106)(H,92,105)(H,93,107)(H,94,121)(H,95,114)(H,96,120)(H,97,117)(H,98,124)(H,99,122)(H,100,118)(H,108,109)(H,110,111)(H,112,113)/t44-,45-,46-,51?,53+,54+,55+,56+,57+,58+,59+,60-,69+,70+/m1/s1. The van der Waals surface area contributed by atoms with Gasteiger partial charge in [0, 0.05) is 60.8 Å². The van der Waals surface area contributed by atoms with E-state index >= 15 is 0 Å². The van der Waals surface area contributed by atoms with Crippen LogP contribution in [0.4, 0.5) is 5.69 Å². The Kier molecular flexibility index (Phi) is 46.5. The molecule has 1 aliphatic rings. The highest BCUT2D eigenvalue weighted by atomic mass is 16.5. The highest BCUT2D eigenvalue weighted by molar-refractivity contribution is 6.05. The number of esters is 1. The van der Waals surface area contributed by atoms with Crippen molar-refractivity contribution in [3.8, 4) is 0 Å². The number of amides is 15. The van der Waals surface area contributed by atoms with Gasteiger partial charge in [0.15, 0.2) is 5.78 Å². The Bertz CT molecular complexity index is 4280. The minimum atomic E-state index is -2.37. The Balaban J connectivity index is 1.90. The van der Waals surface area contributed by atoms with E-state index < -0.39 is 274 Å². The molecule has 26 N–H and O–H groups in total. The number of para-hydroxylation sites is 2. The molecule has 0 bridgehead atoms. The number of nitrogen functional groups attached to an aromatic ring is 1. The number of carbonyl (C=O) groups is 20. The van der Waals surface area contributed by atoms with E-state index in [4.69, 9.17) is 21.9 Å². The summed E-state index contributed by atoms with van der Waals surface area (Å²) >= 11 is 0. The van der Waals surface area contributed by atoms with Crippen LogP contribution in [-0.2, 0) is 102 Å². The predicted molar refractivity (Wildman–Crippen MR) is 450 cm³/mol. The largest absolute Gasteiger partial charge is 0.481 e. The Hall–Kier alpha value is -12.7. The van der Waals surface area contributed by atoms with E-state index in [0.717, 1.165) is 85.0 Å². The zero-order chi connectivity index (χ0) is 93.7. The number of aromatic amines is 1. The van der Waals surface area contributed by atoms with Crippen molar-refractivity contribution in [2.75, 3.05) is 38.6 Å². The number of benzene rings is 2. The number of unbranched alkanes of at least 4 members (excludes halogenated alkanes) is 11. The van der Waals surface area contributed by atoms with Gasteiger partial charge < -0.3 is 127 Å². The van der Waals surface area contributed by atoms with Gasteiger partial charge in [-0.05, 0) is 75.6 Å². The summed E-state index contributed by atoms with van der Waals surface area (Å²) in [6, 6.07) is -10.9. The molecule has 1 fully saturated rings. The second-order valence-electron chi connectivity index (χ2n) is 30.8. The van der Waals surface area contributed by atoms with Gasteiger partial charge in [-0.2, -0.15) is 0 Å². The lowest BCUT2D eigenvalue weighted by atomic mass is 9.96. The number of carboxylic acids is 3. The summed E-state index contributed by atoms with van der Waals surface area (Å²) in [6.45, 7) is 2.24. The van der Waals surface area contributed by atoms with Crippen molar-refractivity contribution in [2.24, 2.45) is 17.4 Å². The third-order valence-corrected chi connectivity index (χ3v) is 20.4. The summed E-state index contributed by atoms with van der Waals surface area (Å²) in [5.74, 6) is -27.9. The molecule has 14 atom stereocenters. The number of nitrogens with one attached hydrogen (secondary N) is 15. The van der Waals surface area contributed by atoms with Gasteiger partial charge in [-0.25, -0.2) is 4.79 Å². The summed E-state index contributed by atoms with van der Waals surface area (Å²) in [4.78, 5) is 280. The van der Waals surface area contributed by atoms with Crippen molar-refractivity contribution in [2.45, 2.75) is 267 Å². The molecular formula is C82H122N18O26. The number of aliphatic hydroxyl groups excluding tert-OH is 2. The lowest BCUT2D eigenvalue weighted by Gasteiger charge is -2.30. The lowest BCUT2D eigenvalue weighted by molar-refractivity contribution is -0.156. The molecule has 1 saturated heterocycles. The first kappa shape index (κ1) is 106. The van der Waals surface area contributed by atoms with E-state index in [0.29, 0.717) is 42.1 Å². The zero-order valence-corrected chi connectivity index (χ0v) is 71.3. The summed E-state index contributed by atoms with van der Waals surface area (Å²) in [6.07, 6.45) is 4.04. The number of ketones is 1. The molecule has 44 nitrogen and oxygen atoms in total. The maximum atomic E-state index is 15.0. The average Bonchev–Trinajstić information content (AvgIpc) is 1.63. The van der Waals surface area contributed by atoms with Crippen LogP contribution < -0.4 is 91.6 Å². The number of hydrogen-bond acceptors (Lipinski definition) is 25. The van der Waals surface area contributed by atoms with Crippen LogP contribution in [0.2, 0.25) is 0 Å². The summed E-state index contributed by atoms with van der Waals surface area (Å²) < 4.78 is 5.78. The first-order chi connectivity index (χ1) is 59.8. The molecule has 15 amide bonds. The van der Waals surface area contributed by atoms with E-state index in [1.54, 1.807) is 30.5 Å². The second kappa shape index (κ2) is 55.5. The average molecular weight is 1780 g/mol. The van der Waals surface area contributed by atoms with Gasteiger partial charge >= 0.3 is 23.9 Å². The number of primary amides is 1. The highest BCUT2D eigenvalue weighted by Crippen LogP contribution is 2.22. The molecule has 2 heterocycles. The number of cyclic esters (lactones) is 1. The van der Waals surface area contributed by atoms with Crippen molar-refractivity contribution in [1.29, 1.82) is 0 Å². The quantitative estimate of drug-likeness (QED) is 0.0113. The molecule has 4 rings (SSSR count). The SMILES string of the molecule is CCCCCCCCCC(=O)N[C@@H](Cc1c[nH]c2ccccc12)C(=O)N[C@@H](CC(N)=O)C(=O)N[C@@H](CCO)C(=O)N[C@@H]1C(=O)NCC(=O)N[C@@H](CCCNC(=O)C(N)CCCCCCCC)C(=O)N[C@@H](CC(=O)O)C(=O)N[C@H](C)C(=O)N[C@@H](CC(=O)O)C(=O)NCC(=O)N[C@H](CO)C(=O)N[C@@H]([C@H](C)CC(=O)O)C(=O)N[C@@H](CC(=O)c2ccccc2N)C(=O)O[C@@H]1C. The van der Waals surface area contributed by atoms with Crippen LogP contribution in [0.3, 0.4) is 0 Å². The molecule has 0 saturated carbocycles. The molecule has 696 valence electrons. The molecule has 44 heteroatoms. The highest BCUT2D eigenvalue weighted by Gasteiger charge is 2.41. The fraction of sp³-hybridized carbons (Fsp3) is 0.585. The number of aromatic nitrogens is 1. The second-order valence-corrected chi connectivity index (χ2v) is 30.8. The monoisotopic (exact) mass is 1770 g/mol. The molecule has 3 aromatic rings. The Morgan fingerprint density at radius 1 is 0.532 bits per heavy atom. The molecule has 126 heavy (non-hydrogen) atoms. The number of aliphatic hydroxyl groups is 2. The Labute approximate surface area is 726 Å². The Morgan fingerprint density at radius 2 is 1.08 bits per heavy atom. The van der Waals surface area contributed by atoms with Gasteiger partial charge in [-0.1, -0.05) is 128 Å². The Morgan fingerprint density at radius 3 is 1.69 bits per heavy atom. The fourth-order valence-corrected chi connectivity index (χ4v) is 13.4. The summed E-state index contributed by atoms with van der Waals surface area (Å²) in [5.41, 5.74) is 18.8. The molecule has 1 aliphatic heterocycles. The van der Waals surface area contributed by atoms with Crippen molar-refractivity contribution >= 4 is 135 Å². The van der Waals surface area contributed by atoms with E-state index in [-0.39, 0.29) is 37.1 Å². The summed E-state index contributed by atoms with van der Waals surface area (Å²) in [7, 11) is 0. The van der Waals surface area contributed by atoms with Gasteiger partial charge in [0.05, 0.1) is 51.4 Å². The molecule has 0 aliphatic carbocycles. The van der Waals surface area contributed by atoms with Crippen molar-refractivity contribution < 1.29 is 126 Å². The van der Waals surface area contributed by atoms with Crippen LogP contribution in [-0.4, -0.2) is 260 Å². The molecule has 2 aromatic carbocycles. The number of aliphatic carboxylic acids is 3. The van der Waals surface area contributed by atoms with E-state index in [1.165, 1.54) is 24.3 Å². The van der Waals surface area contributed by atoms with Crippen LogP contribution in [0.5, 0.6) is 0 Å². The van der Waals surface area contributed by atoms with Gasteiger partial charge in [-0.15, -0.1) is 0 Å². The van der Waals surface area contributed by atoms with Crippen LogP contribution in [0.1, 0.15) is 198 Å². The number of rotatable bonds is 44. The number of carbonyl (C=O) groups excluding carboxylic acids is 17. The number of fused-ring (bicyclic) bond motifs is 1. The van der Waals surface area contributed by atoms with Gasteiger partial charge in [0.2, 0.25) is 88.6 Å².